The van der Waals surface area contributed by atoms with Gasteiger partial charge in [0.2, 0.25) is 0 Å². The number of esters is 2. The van der Waals surface area contributed by atoms with Gasteiger partial charge in [-0.1, -0.05) is 97.1 Å². The van der Waals surface area contributed by atoms with Crippen LogP contribution in [0.15, 0.2) is 131 Å². The summed E-state index contributed by atoms with van der Waals surface area (Å²) in [7, 11) is 0. The van der Waals surface area contributed by atoms with Gasteiger partial charge < -0.3 is 18.9 Å². The molecular formula is C35H30N2O6. The van der Waals surface area contributed by atoms with Gasteiger partial charge in [0.15, 0.2) is 24.0 Å². The first-order valence-electron chi connectivity index (χ1n) is 14.1. The summed E-state index contributed by atoms with van der Waals surface area (Å²) in [5.41, 5.74) is 2.79. The zero-order valence-corrected chi connectivity index (χ0v) is 23.3. The molecule has 4 aromatic carbocycles. The van der Waals surface area contributed by atoms with Crippen molar-refractivity contribution >= 4 is 23.7 Å². The summed E-state index contributed by atoms with van der Waals surface area (Å²) in [6, 6.07) is 36.2. The van der Waals surface area contributed by atoms with E-state index in [4.69, 9.17) is 28.9 Å². The number of hydrogen-bond acceptors (Lipinski definition) is 8. The molecular weight excluding hydrogens is 544 g/mol. The maximum atomic E-state index is 12.6. The van der Waals surface area contributed by atoms with E-state index in [1.807, 2.05) is 72.8 Å². The number of rotatable bonds is 10. The topological polar surface area (TPSA) is 95.8 Å². The Morgan fingerprint density at radius 1 is 0.535 bits per heavy atom. The number of nitrogens with zero attached hydrogens (tertiary/aromatic N) is 2. The van der Waals surface area contributed by atoms with Gasteiger partial charge in [-0.25, -0.2) is 19.6 Å². The summed E-state index contributed by atoms with van der Waals surface area (Å²) in [5.74, 6) is 0.0283. The summed E-state index contributed by atoms with van der Waals surface area (Å²) in [4.78, 5) is 34.8. The first kappa shape index (κ1) is 27.9. The minimum atomic E-state index is -0.445. The van der Waals surface area contributed by atoms with Crippen LogP contribution >= 0.6 is 0 Å². The Kier molecular flexibility index (Phi) is 8.54. The fourth-order valence-corrected chi connectivity index (χ4v) is 5.07. The molecule has 2 heterocycles. The number of benzene rings is 4. The fourth-order valence-electron chi connectivity index (χ4n) is 5.07. The smallest absolute Gasteiger partial charge is 0.338 e. The van der Waals surface area contributed by atoms with Gasteiger partial charge in [0.25, 0.3) is 0 Å². The van der Waals surface area contributed by atoms with E-state index >= 15 is 0 Å². The average molecular weight is 575 g/mol. The standard InChI is InChI=1S/C35H30N2O6/c38-34(26-17-9-3-10-18-26)40-22-28-32(24-13-5-1-6-14-24)42-30(36-28)21-31-37-29(33(43-31)25-15-7-2-8-16-25)23-41-35(39)27-19-11-4-12-20-27/h1-20,28-29,32-33H,21-23H2/t28-,29-,32-,33-/m0/s1. The second-order valence-corrected chi connectivity index (χ2v) is 10.2. The fraction of sp³-hybridized carbons (Fsp3) is 0.200. The van der Waals surface area contributed by atoms with Crippen molar-refractivity contribution < 1.29 is 28.5 Å². The van der Waals surface area contributed by atoms with Crippen molar-refractivity contribution in [2.24, 2.45) is 9.98 Å². The van der Waals surface area contributed by atoms with Crippen LogP contribution < -0.4 is 0 Å². The van der Waals surface area contributed by atoms with E-state index in [9.17, 15) is 9.59 Å². The van der Waals surface area contributed by atoms with Crippen LogP contribution in [0.4, 0.5) is 0 Å². The normalized spacial score (nSPS) is 20.7. The predicted octanol–water partition coefficient (Wildman–Crippen LogP) is 6.17. The van der Waals surface area contributed by atoms with E-state index < -0.39 is 36.2 Å². The molecule has 0 spiro atoms. The maximum absolute atomic E-state index is 12.6. The molecule has 4 atom stereocenters. The molecule has 0 bridgehead atoms. The van der Waals surface area contributed by atoms with Crippen LogP contribution in [0.3, 0.4) is 0 Å². The van der Waals surface area contributed by atoms with Gasteiger partial charge in [-0.05, 0) is 35.4 Å². The van der Waals surface area contributed by atoms with Crippen molar-refractivity contribution in [1.82, 2.24) is 0 Å². The molecule has 0 fully saturated rings. The van der Waals surface area contributed by atoms with Crippen LogP contribution in [-0.2, 0) is 18.9 Å². The van der Waals surface area contributed by atoms with Gasteiger partial charge in [0, 0.05) is 0 Å². The van der Waals surface area contributed by atoms with Gasteiger partial charge in [-0.2, -0.15) is 0 Å². The van der Waals surface area contributed by atoms with Gasteiger partial charge >= 0.3 is 11.9 Å². The number of hydrogen-bond donors (Lipinski definition) is 0. The Hall–Kier alpha value is -5.24. The monoisotopic (exact) mass is 574 g/mol. The molecule has 216 valence electrons. The van der Waals surface area contributed by atoms with Crippen LogP contribution in [0.1, 0.15) is 50.5 Å². The van der Waals surface area contributed by atoms with Crippen molar-refractivity contribution in [2.75, 3.05) is 13.2 Å². The van der Waals surface area contributed by atoms with Gasteiger partial charge in [0.05, 0.1) is 17.5 Å². The number of carbonyl (C=O) groups excluding carboxylic acids is 2. The molecule has 0 radical (unpaired) electrons. The molecule has 0 N–H and O–H groups in total. The Morgan fingerprint density at radius 3 is 1.26 bits per heavy atom. The second-order valence-electron chi connectivity index (χ2n) is 10.2. The number of carbonyl (C=O) groups is 2. The molecule has 0 aliphatic carbocycles. The van der Waals surface area contributed by atoms with Crippen LogP contribution in [0, 0.1) is 0 Å². The second kappa shape index (κ2) is 13.2. The molecule has 2 aliphatic heterocycles. The van der Waals surface area contributed by atoms with Crippen molar-refractivity contribution in [1.29, 1.82) is 0 Å². The van der Waals surface area contributed by atoms with Crippen LogP contribution in [0.2, 0.25) is 0 Å². The highest BCUT2D eigenvalue weighted by Gasteiger charge is 2.38. The molecule has 0 saturated heterocycles. The van der Waals surface area contributed by atoms with E-state index in [2.05, 4.69) is 0 Å². The molecule has 0 aromatic heterocycles. The maximum Gasteiger partial charge on any atom is 0.338 e. The lowest BCUT2D eigenvalue weighted by Crippen LogP contribution is -2.22. The third kappa shape index (κ3) is 6.81. The molecule has 8 heteroatoms. The molecule has 43 heavy (non-hydrogen) atoms. The highest BCUT2D eigenvalue weighted by atomic mass is 16.6. The first-order valence-corrected chi connectivity index (χ1v) is 14.1. The number of ether oxygens (including phenoxy) is 4. The number of aliphatic imine (C=N–C) groups is 2. The van der Waals surface area contributed by atoms with Crippen molar-refractivity contribution in [3.8, 4) is 0 Å². The summed E-state index contributed by atoms with van der Waals surface area (Å²) in [5, 5.41) is 0. The SMILES string of the molecule is O=C(OC[C@@H]1N=C(CC2=N[C@@H](COC(=O)c3ccccc3)[C@H](c3ccccc3)O2)O[C@H]1c1ccccc1)c1ccccc1. The lowest BCUT2D eigenvalue weighted by molar-refractivity contribution is 0.0421. The Balaban J connectivity index is 1.17. The molecule has 8 nitrogen and oxygen atoms in total. The molecule has 0 unspecified atom stereocenters. The van der Waals surface area contributed by atoms with E-state index in [1.165, 1.54) is 0 Å². The molecule has 0 saturated carbocycles. The third-order valence-corrected chi connectivity index (χ3v) is 7.19. The average Bonchev–Trinajstić information content (AvgIpc) is 3.67. The van der Waals surface area contributed by atoms with Crippen LogP contribution in [0.5, 0.6) is 0 Å². The lowest BCUT2D eigenvalue weighted by atomic mass is 10.0. The summed E-state index contributed by atoms with van der Waals surface area (Å²) >= 11 is 0. The molecule has 6 rings (SSSR count). The van der Waals surface area contributed by atoms with Crippen LogP contribution in [-0.4, -0.2) is 49.0 Å². The molecule has 0 amide bonds. The van der Waals surface area contributed by atoms with Crippen LogP contribution in [0.25, 0.3) is 0 Å². The Morgan fingerprint density at radius 2 is 0.884 bits per heavy atom. The van der Waals surface area contributed by atoms with Gasteiger partial charge in [-0.15, -0.1) is 0 Å². The highest BCUT2D eigenvalue weighted by molar-refractivity contribution is 5.98. The van der Waals surface area contributed by atoms with E-state index in [1.54, 1.807) is 48.5 Å². The molecule has 2 aliphatic rings. The Bertz CT molecular complexity index is 1470. The predicted molar refractivity (Wildman–Crippen MR) is 161 cm³/mol. The van der Waals surface area contributed by atoms with Crippen molar-refractivity contribution in [2.45, 2.75) is 30.7 Å². The van der Waals surface area contributed by atoms with Gasteiger partial charge in [-0.3, -0.25) is 0 Å². The summed E-state index contributed by atoms with van der Waals surface area (Å²) in [6.07, 6.45) is -0.664. The van der Waals surface area contributed by atoms with Crippen molar-refractivity contribution in [3.05, 3.63) is 144 Å². The summed E-state index contributed by atoms with van der Waals surface area (Å²) < 4.78 is 23.9. The van der Waals surface area contributed by atoms with E-state index in [0.717, 1.165) is 11.1 Å². The van der Waals surface area contributed by atoms with Gasteiger partial charge in [0.1, 0.15) is 25.3 Å². The highest BCUT2D eigenvalue weighted by Crippen LogP contribution is 2.34. The zero-order chi connectivity index (χ0) is 29.4. The minimum absolute atomic E-state index is 0.0504. The van der Waals surface area contributed by atoms with E-state index in [0.29, 0.717) is 22.9 Å². The first-order chi connectivity index (χ1) is 21.1. The van der Waals surface area contributed by atoms with Crippen molar-refractivity contribution in [3.63, 3.8) is 0 Å². The summed E-state index contributed by atoms with van der Waals surface area (Å²) in [6.45, 7) is 0.101. The van der Waals surface area contributed by atoms with E-state index in [-0.39, 0.29) is 19.6 Å². The quantitative estimate of drug-likeness (QED) is 0.210. The minimum Gasteiger partial charge on any atom is -0.470 e. The molecule has 4 aromatic rings. The lowest BCUT2D eigenvalue weighted by Gasteiger charge is -2.19. The largest absolute Gasteiger partial charge is 0.470 e. The third-order valence-electron chi connectivity index (χ3n) is 7.19. The zero-order valence-electron chi connectivity index (χ0n) is 23.3. The Labute approximate surface area is 249 Å².